The molecule has 0 spiro atoms. The van der Waals surface area contributed by atoms with E-state index in [-0.39, 0.29) is 36.2 Å². The molecule has 5 heteroatoms. The Morgan fingerprint density at radius 2 is 1.91 bits per heavy atom. The van der Waals surface area contributed by atoms with Gasteiger partial charge in [-0.05, 0) is 13.3 Å². The molecular weight excluding hydrogens is 175 g/mol. The van der Waals surface area contributed by atoms with E-state index >= 15 is 0 Å². The Morgan fingerprint density at radius 3 is 2.27 bits per heavy atom. The second-order valence-electron chi connectivity index (χ2n) is 1.68. The summed E-state index contributed by atoms with van der Waals surface area (Å²) in [6.07, 6.45) is 2.25. The Balaban J connectivity index is 0. The van der Waals surface area contributed by atoms with Gasteiger partial charge in [-0.1, -0.05) is 13.0 Å². The molecule has 11 heavy (non-hydrogen) atoms. The standard InChI is InChI=1S/C6H12O3S.Na.H/c1-3-5-6-10(7,8)9-4-2;;/h5-6H,3-4H2,1-2H3;;. The Labute approximate surface area is 90.2 Å². The van der Waals surface area contributed by atoms with Crippen molar-refractivity contribution in [3.05, 3.63) is 11.5 Å². The van der Waals surface area contributed by atoms with Crippen LogP contribution in [0, 0.1) is 0 Å². The van der Waals surface area contributed by atoms with E-state index in [0.29, 0.717) is 6.42 Å². The Kier molecular flexibility index (Phi) is 9.43. The molecule has 0 aliphatic rings. The van der Waals surface area contributed by atoms with Crippen LogP contribution in [-0.2, 0) is 14.3 Å². The van der Waals surface area contributed by atoms with Crippen molar-refractivity contribution in [2.75, 3.05) is 6.61 Å². The van der Waals surface area contributed by atoms with E-state index in [1.54, 1.807) is 13.0 Å². The van der Waals surface area contributed by atoms with Crippen LogP contribution in [0.2, 0.25) is 0 Å². The van der Waals surface area contributed by atoms with Crippen molar-refractivity contribution in [3.63, 3.8) is 0 Å². The molecule has 0 aliphatic heterocycles. The van der Waals surface area contributed by atoms with E-state index in [1.807, 2.05) is 6.92 Å². The zero-order chi connectivity index (χ0) is 8.04. The van der Waals surface area contributed by atoms with Gasteiger partial charge in [0.05, 0.1) is 12.0 Å². The fraction of sp³-hybridized carbons (Fsp3) is 0.667. The molecule has 0 fully saturated rings. The number of rotatable bonds is 4. The third kappa shape index (κ3) is 8.56. The van der Waals surface area contributed by atoms with Crippen molar-refractivity contribution in [3.8, 4) is 0 Å². The molecule has 0 saturated carbocycles. The van der Waals surface area contributed by atoms with Crippen LogP contribution < -0.4 is 0 Å². The van der Waals surface area contributed by atoms with Gasteiger partial charge in [0.1, 0.15) is 0 Å². The van der Waals surface area contributed by atoms with Crippen molar-refractivity contribution < 1.29 is 12.6 Å². The second-order valence-corrected chi connectivity index (χ2v) is 3.17. The summed E-state index contributed by atoms with van der Waals surface area (Å²) in [6.45, 7) is 3.69. The van der Waals surface area contributed by atoms with Gasteiger partial charge in [0.2, 0.25) is 0 Å². The average molecular weight is 188 g/mol. The van der Waals surface area contributed by atoms with Crippen LogP contribution in [0.25, 0.3) is 0 Å². The van der Waals surface area contributed by atoms with Crippen LogP contribution in [0.4, 0.5) is 0 Å². The first-order valence-corrected chi connectivity index (χ1v) is 4.65. The van der Waals surface area contributed by atoms with Gasteiger partial charge in [-0.2, -0.15) is 8.42 Å². The number of hydrogen-bond acceptors (Lipinski definition) is 3. The van der Waals surface area contributed by atoms with Crippen molar-refractivity contribution in [1.82, 2.24) is 0 Å². The fourth-order valence-electron chi connectivity index (χ4n) is 0.418. The van der Waals surface area contributed by atoms with Gasteiger partial charge < -0.3 is 0 Å². The van der Waals surface area contributed by atoms with E-state index in [9.17, 15) is 8.42 Å². The first-order chi connectivity index (χ1) is 4.62. The predicted molar refractivity (Wildman–Crippen MR) is 47.1 cm³/mol. The minimum atomic E-state index is -3.37. The fourth-order valence-corrected chi connectivity index (χ4v) is 1.25. The molecule has 0 amide bonds. The minimum absolute atomic E-state index is 0. The molecule has 62 valence electrons. The zero-order valence-corrected chi connectivity index (χ0v) is 7.02. The quantitative estimate of drug-likeness (QED) is 0.480. The monoisotopic (exact) mass is 188 g/mol. The van der Waals surface area contributed by atoms with Crippen LogP contribution in [0.15, 0.2) is 11.5 Å². The van der Waals surface area contributed by atoms with Gasteiger partial charge in [0, 0.05) is 0 Å². The molecule has 0 aromatic rings. The van der Waals surface area contributed by atoms with Crippen LogP contribution in [-0.4, -0.2) is 44.6 Å². The molecule has 0 bridgehead atoms. The first kappa shape index (κ1) is 14.2. The Bertz CT molecular complexity index is 196. The van der Waals surface area contributed by atoms with E-state index in [1.165, 1.54) is 0 Å². The Morgan fingerprint density at radius 1 is 1.36 bits per heavy atom. The summed E-state index contributed by atoms with van der Waals surface area (Å²) in [4.78, 5) is 0. The van der Waals surface area contributed by atoms with E-state index in [4.69, 9.17) is 0 Å². The van der Waals surface area contributed by atoms with E-state index < -0.39 is 10.1 Å². The van der Waals surface area contributed by atoms with Crippen LogP contribution in [0.3, 0.4) is 0 Å². The molecule has 0 radical (unpaired) electrons. The van der Waals surface area contributed by atoms with Crippen LogP contribution in [0.5, 0.6) is 0 Å². The van der Waals surface area contributed by atoms with Gasteiger partial charge in [-0.25, -0.2) is 0 Å². The average Bonchev–Trinajstić information content (AvgIpc) is 1.84. The summed E-state index contributed by atoms with van der Waals surface area (Å²) in [5.74, 6) is 0. The van der Waals surface area contributed by atoms with Crippen molar-refractivity contribution >= 4 is 39.7 Å². The molecule has 3 nitrogen and oxygen atoms in total. The summed E-state index contributed by atoms with van der Waals surface area (Å²) in [7, 11) is -3.37. The SMILES string of the molecule is CCC=CS(=O)(=O)OCC.[NaH]. The normalized spacial score (nSPS) is 11.5. The van der Waals surface area contributed by atoms with Crippen molar-refractivity contribution in [2.45, 2.75) is 20.3 Å². The molecule has 0 aromatic heterocycles. The molecular formula is C6H13NaO3S. The summed E-state index contributed by atoms with van der Waals surface area (Å²) >= 11 is 0. The summed E-state index contributed by atoms with van der Waals surface area (Å²) in [6, 6.07) is 0. The van der Waals surface area contributed by atoms with Gasteiger partial charge in [-0.3, -0.25) is 4.18 Å². The third-order valence-corrected chi connectivity index (χ3v) is 1.87. The summed E-state index contributed by atoms with van der Waals surface area (Å²) in [5.41, 5.74) is 0. The summed E-state index contributed by atoms with van der Waals surface area (Å²) in [5, 5.41) is 1.08. The Hall–Kier alpha value is 0.650. The van der Waals surface area contributed by atoms with Gasteiger partial charge in [-0.15, -0.1) is 0 Å². The number of allylic oxidation sites excluding steroid dienone is 1. The van der Waals surface area contributed by atoms with Gasteiger partial charge in [0.25, 0.3) is 10.1 Å². The van der Waals surface area contributed by atoms with E-state index in [0.717, 1.165) is 5.41 Å². The van der Waals surface area contributed by atoms with Crippen molar-refractivity contribution in [1.29, 1.82) is 0 Å². The third-order valence-electron chi connectivity index (χ3n) is 0.781. The molecule has 0 aliphatic carbocycles. The summed E-state index contributed by atoms with van der Waals surface area (Å²) < 4.78 is 25.8. The molecule has 0 rings (SSSR count). The zero-order valence-electron chi connectivity index (χ0n) is 6.20. The second kappa shape index (κ2) is 7.31. The van der Waals surface area contributed by atoms with Crippen molar-refractivity contribution in [2.24, 2.45) is 0 Å². The topological polar surface area (TPSA) is 43.4 Å². The van der Waals surface area contributed by atoms with Crippen LogP contribution in [0.1, 0.15) is 20.3 Å². The molecule has 0 N–H and O–H groups in total. The van der Waals surface area contributed by atoms with E-state index in [2.05, 4.69) is 4.18 Å². The maximum atomic E-state index is 10.7. The maximum absolute atomic E-state index is 10.7. The molecule has 0 unspecified atom stereocenters. The molecule has 0 saturated heterocycles. The first-order valence-electron chi connectivity index (χ1n) is 3.18. The predicted octanol–water partition coefficient (Wildman–Crippen LogP) is 0.628. The van der Waals surface area contributed by atoms with Gasteiger partial charge in [0.15, 0.2) is 0 Å². The molecule has 0 heterocycles. The van der Waals surface area contributed by atoms with Gasteiger partial charge >= 0.3 is 29.6 Å². The molecule has 0 atom stereocenters. The molecule has 0 aromatic carbocycles. The van der Waals surface area contributed by atoms with Crippen LogP contribution >= 0.6 is 0 Å². The number of hydrogen-bond donors (Lipinski definition) is 0.